The summed E-state index contributed by atoms with van der Waals surface area (Å²) in [7, 11) is 1.66. The Bertz CT molecular complexity index is 1030. The molecule has 4 rings (SSSR count). The van der Waals surface area contributed by atoms with Crippen LogP contribution in [0.25, 0.3) is 33.7 Å². The molecule has 3 aromatic carbocycles. The number of fused-ring (bicyclic) bond motifs is 1. The summed E-state index contributed by atoms with van der Waals surface area (Å²) in [5.41, 5.74) is 1.67. The molecule has 118 valence electrons. The maximum atomic E-state index is 6.01. The Morgan fingerprint density at radius 2 is 1.54 bits per heavy atom. The predicted molar refractivity (Wildman–Crippen MR) is 94.2 cm³/mol. The van der Waals surface area contributed by atoms with Gasteiger partial charge in [0.15, 0.2) is 0 Å². The van der Waals surface area contributed by atoms with Crippen LogP contribution in [0.5, 0.6) is 5.75 Å². The Hall–Kier alpha value is -2.85. The van der Waals surface area contributed by atoms with Gasteiger partial charge in [-0.05, 0) is 53.2 Å². The number of ether oxygens (including phenoxy) is 1. The third-order valence-corrected chi connectivity index (χ3v) is 4.03. The van der Waals surface area contributed by atoms with Gasteiger partial charge in [0, 0.05) is 16.1 Å². The lowest BCUT2D eigenvalue weighted by Crippen LogP contribution is -1.83. The van der Waals surface area contributed by atoms with Crippen molar-refractivity contribution in [2.75, 3.05) is 7.11 Å². The van der Waals surface area contributed by atoms with Crippen molar-refractivity contribution in [2.24, 2.45) is 0 Å². The van der Waals surface area contributed by atoms with Crippen molar-refractivity contribution in [1.82, 2.24) is 10.2 Å². The van der Waals surface area contributed by atoms with Gasteiger partial charge in [0.25, 0.3) is 0 Å². The van der Waals surface area contributed by atoms with Crippen LogP contribution in [0.4, 0.5) is 0 Å². The highest BCUT2D eigenvalue weighted by molar-refractivity contribution is 6.30. The minimum Gasteiger partial charge on any atom is -0.497 e. The molecule has 1 aromatic heterocycles. The van der Waals surface area contributed by atoms with Crippen LogP contribution in [-0.2, 0) is 0 Å². The fourth-order valence-corrected chi connectivity index (χ4v) is 2.75. The molecule has 4 nitrogen and oxygen atoms in total. The van der Waals surface area contributed by atoms with E-state index in [1.54, 1.807) is 19.2 Å². The van der Waals surface area contributed by atoms with E-state index in [2.05, 4.69) is 10.2 Å². The first-order valence-corrected chi connectivity index (χ1v) is 7.78. The highest BCUT2D eigenvalue weighted by Crippen LogP contribution is 2.29. The molecule has 1 heterocycles. The van der Waals surface area contributed by atoms with Gasteiger partial charge >= 0.3 is 0 Å². The Kier molecular flexibility index (Phi) is 3.67. The number of nitrogens with zero attached hydrogens (tertiary/aromatic N) is 2. The number of halogens is 1. The Balaban J connectivity index is 1.72. The van der Waals surface area contributed by atoms with E-state index in [4.69, 9.17) is 20.8 Å². The molecule has 0 bridgehead atoms. The van der Waals surface area contributed by atoms with Gasteiger partial charge in [-0.15, -0.1) is 10.2 Å². The van der Waals surface area contributed by atoms with Gasteiger partial charge in [-0.3, -0.25) is 0 Å². The van der Waals surface area contributed by atoms with E-state index in [1.807, 2.05) is 48.5 Å². The second-order valence-corrected chi connectivity index (χ2v) is 5.79. The largest absolute Gasteiger partial charge is 0.497 e. The van der Waals surface area contributed by atoms with Crippen molar-refractivity contribution in [1.29, 1.82) is 0 Å². The molecule has 0 fully saturated rings. The van der Waals surface area contributed by atoms with Crippen molar-refractivity contribution in [2.45, 2.75) is 0 Å². The lowest BCUT2D eigenvalue weighted by molar-refractivity contribution is 0.415. The minimum absolute atomic E-state index is 0.447. The van der Waals surface area contributed by atoms with Crippen LogP contribution < -0.4 is 4.74 Å². The molecule has 0 radical (unpaired) electrons. The second-order valence-electron chi connectivity index (χ2n) is 5.35. The standard InChI is InChI=1S/C19H13ClN2O2/c1-23-17-8-7-12-9-15(6-5-13(12)11-17)19-22-21-18(24-19)14-3-2-4-16(20)10-14/h2-11H,1H3. The first-order valence-electron chi connectivity index (χ1n) is 7.40. The monoisotopic (exact) mass is 336 g/mol. The Labute approximate surface area is 143 Å². The fraction of sp³-hybridized carbons (Fsp3) is 0.0526. The van der Waals surface area contributed by atoms with Gasteiger partial charge < -0.3 is 9.15 Å². The summed E-state index contributed by atoms with van der Waals surface area (Å²) < 4.78 is 11.0. The molecule has 0 amide bonds. The molecule has 0 spiro atoms. The van der Waals surface area contributed by atoms with Crippen molar-refractivity contribution in [3.05, 3.63) is 65.7 Å². The average molecular weight is 337 g/mol. The quantitative estimate of drug-likeness (QED) is 0.514. The van der Waals surface area contributed by atoms with Crippen LogP contribution in [0.1, 0.15) is 0 Å². The number of rotatable bonds is 3. The molecular weight excluding hydrogens is 324 g/mol. The minimum atomic E-state index is 0.447. The zero-order valence-corrected chi connectivity index (χ0v) is 13.6. The van der Waals surface area contributed by atoms with Crippen LogP contribution in [0.15, 0.2) is 65.1 Å². The third kappa shape index (κ3) is 2.72. The summed E-state index contributed by atoms with van der Waals surface area (Å²) in [4.78, 5) is 0. The SMILES string of the molecule is COc1ccc2cc(-c3nnc(-c4cccc(Cl)c4)o3)ccc2c1. The van der Waals surface area contributed by atoms with Gasteiger partial charge in [0.1, 0.15) is 5.75 Å². The van der Waals surface area contributed by atoms with Crippen molar-refractivity contribution < 1.29 is 9.15 Å². The summed E-state index contributed by atoms with van der Waals surface area (Å²) in [6.07, 6.45) is 0. The Morgan fingerprint density at radius 3 is 2.29 bits per heavy atom. The molecule has 0 N–H and O–H groups in total. The second kappa shape index (κ2) is 5.98. The van der Waals surface area contributed by atoms with Gasteiger partial charge in [-0.1, -0.05) is 29.8 Å². The lowest BCUT2D eigenvalue weighted by atomic mass is 10.1. The molecule has 0 saturated heterocycles. The number of hydrogen-bond donors (Lipinski definition) is 0. The van der Waals surface area contributed by atoms with E-state index in [-0.39, 0.29) is 0 Å². The number of benzene rings is 3. The van der Waals surface area contributed by atoms with Gasteiger partial charge in [0.2, 0.25) is 11.8 Å². The zero-order chi connectivity index (χ0) is 16.5. The van der Waals surface area contributed by atoms with Gasteiger partial charge in [0.05, 0.1) is 7.11 Å². The van der Waals surface area contributed by atoms with Crippen LogP contribution in [-0.4, -0.2) is 17.3 Å². The fourth-order valence-electron chi connectivity index (χ4n) is 2.56. The molecule has 0 aliphatic heterocycles. The molecule has 4 aromatic rings. The van der Waals surface area contributed by atoms with Crippen LogP contribution in [0.2, 0.25) is 5.02 Å². The number of aromatic nitrogens is 2. The molecule has 0 atom stereocenters. The smallest absolute Gasteiger partial charge is 0.248 e. The predicted octanol–water partition coefficient (Wildman–Crippen LogP) is 5.22. The number of methoxy groups -OCH3 is 1. The van der Waals surface area contributed by atoms with Crippen molar-refractivity contribution in [3.63, 3.8) is 0 Å². The highest BCUT2D eigenvalue weighted by Gasteiger charge is 2.11. The molecule has 0 aliphatic rings. The third-order valence-electron chi connectivity index (χ3n) is 3.79. The summed E-state index contributed by atoms with van der Waals surface area (Å²) in [5.74, 6) is 1.75. The molecule has 5 heteroatoms. The maximum absolute atomic E-state index is 6.01. The molecule has 0 aliphatic carbocycles. The van der Waals surface area contributed by atoms with Crippen molar-refractivity contribution >= 4 is 22.4 Å². The molecule has 24 heavy (non-hydrogen) atoms. The van der Waals surface area contributed by atoms with Crippen LogP contribution in [0.3, 0.4) is 0 Å². The molecular formula is C19H13ClN2O2. The van der Waals surface area contributed by atoms with Crippen LogP contribution >= 0.6 is 11.6 Å². The van der Waals surface area contributed by atoms with E-state index in [1.165, 1.54) is 0 Å². The van der Waals surface area contributed by atoms with E-state index in [0.29, 0.717) is 16.8 Å². The molecule has 0 saturated carbocycles. The first kappa shape index (κ1) is 14.7. The zero-order valence-electron chi connectivity index (χ0n) is 12.9. The van der Waals surface area contributed by atoms with Crippen LogP contribution in [0, 0.1) is 0 Å². The lowest BCUT2D eigenvalue weighted by Gasteiger charge is -2.03. The normalized spacial score (nSPS) is 10.9. The van der Waals surface area contributed by atoms with E-state index in [0.717, 1.165) is 27.6 Å². The summed E-state index contributed by atoms with van der Waals surface area (Å²) in [5, 5.41) is 11.1. The van der Waals surface area contributed by atoms with E-state index < -0.39 is 0 Å². The highest BCUT2D eigenvalue weighted by atomic mass is 35.5. The summed E-state index contributed by atoms with van der Waals surface area (Å²) >= 11 is 6.01. The summed E-state index contributed by atoms with van der Waals surface area (Å²) in [6.45, 7) is 0. The van der Waals surface area contributed by atoms with E-state index in [9.17, 15) is 0 Å². The summed E-state index contributed by atoms with van der Waals surface area (Å²) in [6, 6.07) is 19.2. The van der Waals surface area contributed by atoms with E-state index >= 15 is 0 Å². The molecule has 0 unspecified atom stereocenters. The first-order chi connectivity index (χ1) is 11.7. The maximum Gasteiger partial charge on any atom is 0.248 e. The topological polar surface area (TPSA) is 48.2 Å². The Morgan fingerprint density at radius 1 is 0.833 bits per heavy atom. The van der Waals surface area contributed by atoms with Gasteiger partial charge in [-0.2, -0.15) is 0 Å². The average Bonchev–Trinajstić information content (AvgIpc) is 3.11. The van der Waals surface area contributed by atoms with Crippen molar-refractivity contribution in [3.8, 4) is 28.7 Å². The van der Waals surface area contributed by atoms with Gasteiger partial charge in [-0.25, -0.2) is 0 Å². The number of hydrogen-bond acceptors (Lipinski definition) is 4.